The van der Waals surface area contributed by atoms with Gasteiger partial charge in [-0.15, -0.1) is 0 Å². The van der Waals surface area contributed by atoms with Crippen molar-refractivity contribution < 1.29 is 14.6 Å². The predicted octanol–water partition coefficient (Wildman–Crippen LogP) is 2.76. The molecule has 2 unspecified atom stereocenters. The number of aliphatic hydroxyl groups is 1. The third-order valence-electron chi connectivity index (χ3n) is 10.1. The number of fused-ring (bicyclic) bond motifs is 7. The van der Waals surface area contributed by atoms with E-state index in [1.165, 1.54) is 18.2 Å². The lowest BCUT2D eigenvalue weighted by molar-refractivity contribution is -0.137. The first kappa shape index (κ1) is 28.5. The molecule has 0 aromatic carbocycles. The maximum Gasteiger partial charge on any atom is 0.175 e. The van der Waals surface area contributed by atoms with E-state index in [1.807, 2.05) is 19.1 Å². The van der Waals surface area contributed by atoms with E-state index in [4.69, 9.17) is 10.5 Å². The Bertz CT molecular complexity index is 1730. The number of hydrogen-bond acceptors (Lipinski definition) is 6. The quantitative estimate of drug-likeness (QED) is 0.308. The van der Waals surface area contributed by atoms with Crippen molar-refractivity contribution in [3.05, 3.63) is 79.2 Å². The Labute approximate surface area is 247 Å². The van der Waals surface area contributed by atoms with Crippen LogP contribution in [0.15, 0.2) is 34.8 Å². The minimum Gasteiger partial charge on any atom is -0.381 e. The number of nitrogens with two attached hydrogens (primary N) is 1. The van der Waals surface area contributed by atoms with E-state index < -0.39 is 17.7 Å². The number of aliphatic hydroxyl groups excluding tert-OH is 1. The summed E-state index contributed by atoms with van der Waals surface area (Å²) in [5.41, 5.74) is 16.1. The van der Waals surface area contributed by atoms with E-state index in [0.717, 1.165) is 63.0 Å². The van der Waals surface area contributed by atoms with E-state index in [9.17, 15) is 9.90 Å². The second-order valence-electron chi connectivity index (χ2n) is 12.4. The van der Waals surface area contributed by atoms with Gasteiger partial charge in [-0.3, -0.25) is 4.79 Å². The van der Waals surface area contributed by atoms with Crippen molar-refractivity contribution in [2.24, 2.45) is 23.5 Å². The van der Waals surface area contributed by atoms with Crippen LogP contribution in [-0.2, 0) is 16.0 Å². The lowest BCUT2D eigenvalue weighted by Gasteiger charge is -2.28. The number of ketones is 1. The molecule has 1 fully saturated rings. The fourth-order valence-corrected chi connectivity index (χ4v) is 7.69. The summed E-state index contributed by atoms with van der Waals surface area (Å²) < 4.78 is 5.38. The molecule has 1 saturated heterocycles. The minimum absolute atomic E-state index is 0.000456. The van der Waals surface area contributed by atoms with Crippen LogP contribution in [0.3, 0.4) is 0 Å². The van der Waals surface area contributed by atoms with Gasteiger partial charge in [0.1, 0.15) is 5.92 Å². The Kier molecular flexibility index (Phi) is 6.79. The maximum atomic E-state index is 14.1. The van der Waals surface area contributed by atoms with E-state index in [1.54, 1.807) is 0 Å². The molecular formula is C34H43N5O3. The summed E-state index contributed by atoms with van der Waals surface area (Å²) >= 11 is 0. The number of allylic oxidation sites excluding steroid dienone is 2. The number of methoxy groups -OCH3 is 1. The molecule has 8 nitrogen and oxygen atoms in total. The molecule has 0 radical (unpaired) electrons. The van der Waals surface area contributed by atoms with Crippen molar-refractivity contribution in [2.75, 3.05) is 7.11 Å². The van der Waals surface area contributed by atoms with Crippen LogP contribution in [-0.4, -0.2) is 45.8 Å². The van der Waals surface area contributed by atoms with Gasteiger partial charge in [-0.05, 0) is 74.4 Å². The molecule has 8 bridgehead atoms. The van der Waals surface area contributed by atoms with Crippen molar-refractivity contribution in [2.45, 2.75) is 72.3 Å². The van der Waals surface area contributed by atoms with Gasteiger partial charge in [-0.2, -0.15) is 0 Å². The first-order valence-corrected chi connectivity index (χ1v) is 15.0. The zero-order valence-corrected chi connectivity index (χ0v) is 25.7. The smallest absolute Gasteiger partial charge is 0.175 e. The number of rotatable bonds is 5. The summed E-state index contributed by atoms with van der Waals surface area (Å²) in [4.78, 5) is 21.5. The Balaban J connectivity index is 1.71. The monoisotopic (exact) mass is 569 g/mol. The highest BCUT2D eigenvalue weighted by Crippen LogP contribution is 2.50. The number of ether oxygens (including phenoxy) is 1. The van der Waals surface area contributed by atoms with E-state index in [0.29, 0.717) is 11.3 Å². The van der Waals surface area contributed by atoms with Gasteiger partial charge in [0.2, 0.25) is 0 Å². The number of hydrogen-bond donors (Lipinski definition) is 6. The topological polar surface area (TPSA) is 128 Å². The largest absolute Gasteiger partial charge is 0.381 e. The Hall–Kier alpha value is -3.59. The third kappa shape index (κ3) is 3.88. The van der Waals surface area contributed by atoms with Gasteiger partial charge in [0.25, 0.3) is 0 Å². The lowest BCUT2D eigenvalue weighted by atomic mass is 9.83. The zero-order chi connectivity index (χ0) is 30.2. The Morgan fingerprint density at radius 1 is 1.17 bits per heavy atom. The van der Waals surface area contributed by atoms with E-state index in [-0.39, 0.29) is 23.7 Å². The number of H-pyrrole nitrogens is 2. The number of aromatic amines is 2. The number of Topliss-reactive ketones (excluding diaryl/α,β-unsaturated/α-hetero) is 1. The van der Waals surface area contributed by atoms with Crippen LogP contribution in [0.5, 0.6) is 0 Å². The Morgan fingerprint density at radius 2 is 1.90 bits per heavy atom. The van der Waals surface area contributed by atoms with Gasteiger partial charge >= 0.3 is 0 Å². The average molecular weight is 570 g/mol. The van der Waals surface area contributed by atoms with Crippen LogP contribution >= 0.6 is 0 Å². The predicted molar refractivity (Wildman–Crippen MR) is 167 cm³/mol. The summed E-state index contributed by atoms with van der Waals surface area (Å²) in [6, 6.07) is -0.000456. The molecule has 3 aliphatic heterocycles. The lowest BCUT2D eigenvalue weighted by Crippen LogP contribution is -2.44. The van der Waals surface area contributed by atoms with Crippen molar-refractivity contribution in [1.29, 1.82) is 0 Å². The second-order valence-corrected chi connectivity index (χ2v) is 12.4. The number of carbonyl (C=O) groups excluding carboxylic acids is 1. The fraction of sp³-hybridized carbons (Fsp3) is 0.441. The molecule has 5 heterocycles. The molecule has 42 heavy (non-hydrogen) atoms. The molecule has 8 heteroatoms. The first-order valence-electron chi connectivity index (χ1n) is 15.0. The number of carbonyl (C=O) groups is 1. The van der Waals surface area contributed by atoms with Crippen LogP contribution < -0.4 is 27.1 Å². The molecule has 7 N–H and O–H groups in total. The highest BCUT2D eigenvalue weighted by atomic mass is 16.6. The molecular weight excluding hydrogens is 526 g/mol. The standard InChI is InChI=1S/C34H43N5O3/c1-9-18-15(4)21-12-23-17(6)20(11-3)30(38-23)27-28(33(41)42-8)32(40)29-31(27)39-26(34(29,7)35)14-25-19(10-2)16(5)22(37-25)13-24(18)36-21/h9,12-14,17,20,23,28,33,36-39,41H,1,10-11,35H2,2-8H3/b21-12-,24-13-,26-14-,30-27-/t17-,20-,23?,28+,33?,34-/m0/s1. The summed E-state index contributed by atoms with van der Waals surface area (Å²) in [6.45, 7) is 16.8. The summed E-state index contributed by atoms with van der Waals surface area (Å²) in [5, 5.41) is 20.5. The molecule has 0 spiro atoms. The van der Waals surface area contributed by atoms with Crippen molar-refractivity contribution >= 4 is 30.1 Å². The molecule has 222 valence electrons. The summed E-state index contributed by atoms with van der Waals surface area (Å²) in [6.07, 6.45) is 8.79. The molecule has 2 aromatic rings. The van der Waals surface area contributed by atoms with Gasteiger partial charge in [0.15, 0.2) is 12.1 Å². The van der Waals surface area contributed by atoms with Crippen LogP contribution in [0.2, 0.25) is 0 Å². The third-order valence-corrected chi connectivity index (χ3v) is 10.1. The summed E-state index contributed by atoms with van der Waals surface area (Å²) in [5.74, 6) is -0.698. The molecule has 6 rings (SSSR count). The fourth-order valence-electron chi connectivity index (χ4n) is 7.69. The zero-order valence-electron chi connectivity index (χ0n) is 25.7. The highest BCUT2D eigenvalue weighted by Gasteiger charge is 2.55. The normalized spacial score (nSPS) is 33.4. The molecule has 0 amide bonds. The van der Waals surface area contributed by atoms with Gasteiger partial charge in [0.05, 0.1) is 11.2 Å². The highest BCUT2D eigenvalue weighted by molar-refractivity contribution is 6.09. The van der Waals surface area contributed by atoms with Gasteiger partial charge in [-0.1, -0.05) is 33.4 Å². The van der Waals surface area contributed by atoms with Gasteiger partial charge in [-0.25, -0.2) is 0 Å². The van der Waals surface area contributed by atoms with Gasteiger partial charge in [0, 0.05) is 69.3 Å². The Morgan fingerprint density at radius 3 is 2.55 bits per heavy atom. The maximum absolute atomic E-state index is 14.1. The summed E-state index contributed by atoms with van der Waals surface area (Å²) in [7, 11) is 1.43. The molecule has 2 aromatic heterocycles. The molecule has 4 aliphatic rings. The van der Waals surface area contributed by atoms with Crippen molar-refractivity contribution in [3.63, 3.8) is 0 Å². The minimum atomic E-state index is -1.29. The number of aromatic nitrogens is 2. The van der Waals surface area contributed by atoms with Crippen molar-refractivity contribution in [3.8, 4) is 0 Å². The van der Waals surface area contributed by atoms with Crippen LogP contribution in [0.25, 0.3) is 24.3 Å². The number of nitrogens with one attached hydrogen (secondary N) is 4. The van der Waals surface area contributed by atoms with Crippen LogP contribution in [0.4, 0.5) is 0 Å². The molecule has 6 atom stereocenters. The van der Waals surface area contributed by atoms with E-state index >= 15 is 0 Å². The first-order chi connectivity index (χ1) is 20.0. The molecule has 1 aliphatic carbocycles. The van der Waals surface area contributed by atoms with Crippen LogP contribution in [0, 0.1) is 31.6 Å². The van der Waals surface area contributed by atoms with E-state index in [2.05, 4.69) is 74.0 Å². The average Bonchev–Trinajstić information content (AvgIpc) is 3.68. The second kappa shape index (κ2) is 10.0. The van der Waals surface area contributed by atoms with Crippen LogP contribution in [0.1, 0.15) is 67.8 Å². The SMILES string of the molecule is C=Cc1c(C)/c2[nH]/c1=C\c1[nH]c(c(CC)c1C)/C=C1\NC3=C(C(=O)[C@H](C(O)OC)/C3=C3/NC(\C=2)[C@@H](C)[C@@H]3CC)[C@@]1(C)N. The van der Waals surface area contributed by atoms with Crippen molar-refractivity contribution in [1.82, 2.24) is 20.6 Å². The molecule has 0 saturated carbocycles. The van der Waals surface area contributed by atoms with Gasteiger partial charge < -0.3 is 36.2 Å².